The average molecular weight is 282 g/mol. The van der Waals surface area contributed by atoms with Crippen LogP contribution in [0.25, 0.3) is 6.08 Å². The summed E-state index contributed by atoms with van der Waals surface area (Å²) in [5.41, 5.74) is 1.29. The zero-order chi connectivity index (χ0) is 14.0. The lowest BCUT2D eigenvalue weighted by molar-refractivity contribution is 0.727. The predicted octanol–water partition coefficient (Wildman–Crippen LogP) is 6.40. The van der Waals surface area contributed by atoms with Gasteiger partial charge in [-0.1, -0.05) is 80.1 Å². The molecule has 0 heterocycles. The highest BCUT2D eigenvalue weighted by molar-refractivity contribution is 8.03. The molecule has 2 aromatic rings. The fourth-order valence-electron chi connectivity index (χ4n) is 2.08. The number of unbranched alkanes of at least 4 members (excludes halogenated alkanes) is 2. The zero-order valence-electron chi connectivity index (χ0n) is 12.1. The fraction of sp³-hybridized carbons (Fsp3) is 0.263. The van der Waals surface area contributed by atoms with Gasteiger partial charge in [0, 0.05) is 4.90 Å². The molecule has 0 N–H and O–H groups in total. The van der Waals surface area contributed by atoms with Gasteiger partial charge in [0.15, 0.2) is 0 Å². The third-order valence-corrected chi connectivity index (χ3v) is 4.24. The van der Waals surface area contributed by atoms with Crippen molar-refractivity contribution in [3.63, 3.8) is 0 Å². The van der Waals surface area contributed by atoms with Crippen LogP contribution in [0.15, 0.2) is 70.5 Å². The summed E-state index contributed by atoms with van der Waals surface area (Å²) in [7, 11) is 0. The van der Waals surface area contributed by atoms with Crippen molar-refractivity contribution in [1.82, 2.24) is 0 Å². The molecule has 0 saturated carbocycles. The molecule has 0 spiro atoms. The summed E-state index contributed by atoms with van der Waals surface area (Å²) < 4.78 is 0. The smallest absolute Gasteiger partial charge is 0.0119 e. The maximum Gasteiger partial charge on any atom is 0.0119 e. The molecular formula is C19H22S. The highest BCUT2D eigenvalue weighted by Crippen LogP contribution is 2.31. The van der Waals surface area contributed by atoms with E-state index >= 15 is 0 Å². The first kappa shape index (κ1) is 14.9. The summed E-state index contributed by atoms with van der Waals surface area (Å²) in [6, 6.07) is 21.3. The van der Waals surface area contributed by atoms with Crippen molar-refractivity contribution in [3.05, 3.63) is 71.1 Å². The van der Waals surface area contributed by atoms with Crippen LogP contribution in [0.3, 0.4) is 0 Å². The molecule has 2 aromatic carbocycles. The molecular weight excluding hydrogens is 260 g/mol. The van der Waals surface area contributed by atoms with Crippen LogP contribution in [0.1, 0.15) is 38.2 Å². The van der Waals surface area contributed by atoms with Gasteiger partial charge in [-0.3, -0.25) is 0 Å². The molecule has 0 unspecified atom stereocenters. The van der Waals surface area contributed by atoms with Crippen LogP contribution in [0.2, 0.25) is 0 Å². The molecule has 20 heavy (non-hydrogen) atoms. The van der Waals surface area contributed by atoms with Gasteiger partial charge in [-0.25, -0.2) is 0 Å². The van der Waals surface area contributed by atoms with Crippen molar-refractivity contribution >= 4 is 17.8 Å². The summed E-state index contributed by atoms with van der Waals surface area (Å²) >= 11 is 1.90. The molecule has 2 rings (SSSR count). The first-order chi connectivity index (χ1) is 9.88. The van der Waals surface area contributed by atoms with Gasteiger partial charge in [0.2, 0.25) is 0 Å². The van der Waals surface area contributed by atoms with E-state index in [1.807, 2.05) is 11.8 Å². The van der Waals surface area contributed by atoms with Gasteiger partial charge < -0.3 is 0 Å². The Morgan fingerprint density at radius 2 is 1.55 bits per heavy atom. The van der Waals surface area contributed by atoms with Crippen molar-refractivity contribution in [3.8, 4) is 0 Å². The summed E-state index contributed by atoms with van der Waals surface area (Å²) in [6.45, 7) is 2.25. The molecule has 0 atom stereocenters. The second-order valence-corrected chi connectivity index (χ2v) is 6.09. The third-order valence-electron chi connectivity index (χ3n) is 3.15. The summed E-state index contributed by atoms with van der Waals surface area (Å²) in [5.74, 6) is 0. The zero-order valence-corrected chi connectivity index (χ0v) is 12.9. The van der Waals surface area contributed by atoms with Crippen molar-refractivity contribution in [2.75, 3.05) is 0 Å². The van der Waals surface area contributed by atoms with Gasteiger partial charge in [-0.15, -0.1) is 0 Å². The Hall–Kier alpha value is -1.47. The van der Waals surface area contributed by atoms with E-state index in [1.165, 1.54) is 41.0 Å². The van der Waals surface area contributed by atoms with E-state index in [4.69, 9.17) is 0 Å². The Bertz CT molecular complexity index is 514. The Kier molecular flexibility index (Phi) is 6.46. The van der Waals surface area contributed by atoms with Crippen LogP contribution < -0.4 is 0 Å². The van der Waals surface area contributed by atoms with Crippen LogP contribution in [0, 0.1) is 0 Å². The SMILES string of the molecule is CCCCC/C(=C/c1ccccc1)Sc1ccccc1. The molecule has 0 amide bonds. The minimum atomic E-state index is 1.17. The number of benzene rings is 2. The third kappa shape index (κ3) is 5.26. The van der Waals surface area contributed by atoms with Crippen LogP contribution >= 0.6 is 11.8 Å². The maximum absolute atomic E-state index is 2.33. The molecule has 0 aliphatic carbocycles. The average Bonchev–Trinajstić information content (AvgIpc) is 2.49. The topological polar surface area (TPSA) is 0 Å². The monoisotopic (exact) mass is 282 g/mol. The number of thioether (sulfide) groups is 1. The van der Waals surface area contributed by atoms with Crippen LogP contribution in [0.4, 0.5) is 0 Å². The Balaban J connectivity index is 2.10. The van der Waals surface area contributed by atoms with Crippen molar-refractivity contribution in [1.29, 1.82) is 0 Å². The standard InChI is InChI=1S/C19H22S/c1-2-3-6-15-19(16-17-11-7-4-8-12-17)20-18-13-9-5-10-14-18/h4-5,7-14,16H,2-3,6,15H2,1H3/b19-16-. The predicted molar refractivity (Wildman–Crippen MR) is 90.9 cm³/mol. The van der Waals surface area contributed by atoms with Gasteiger partial charge in [0.05, 0.1) is 0 Å². The number of hydrogen-bond donors (Lipinski definition) is 0. The lowest BCUT2D eigenvalue weighted by atomic mass is 10.1. The molecule has 0 aliphatic heterocycles. The van der Waals surface area contributed by atoms with Crippen LogP contribution in [-0.4, -0.2) is 0 Å². The summed E-state index contributed by atoms with van der Waals surface area (Å²) in [4.78, 5) is 2.78. The minimum absolute atomic E-state index is 1.17. The van der Waals surface area contributed by atoms with Crippen molar-refractivity contribution in [2.45, 2.75) is 37.5 Å². The van der Waals surface area contributed by atoms with E-state index in [0.29, 0.717) is 0 Å². The van der Waals surface area contributed by atoms with Gasteiger partial charge >= 0.3 is 0 Å². The van der Waals surface area contributed by atoms with Gasteiger partial charge in [0.1, 0.15) is 0 Å². The Labute approximate surface area is 126 Å². The Morgan fingerprint density at radius 3 is 2.20 bits per heavy atom. The van der Waals surface area contributed by atoms with Gasteiger partial charge in [0.25, 0.3) is 0 Å². The highest BCUT2D eigenvalue weighted by Gasteiger charge is 2.01. The van der Waals surface area contributed by atoms with E-state index in [1.54, 1.807) is 0 Å². The van der Waals surface area contributed by atoms with Crippen LogP contribution in [-0.2, 0) is 0 Å². The van der Waals surface area contributed by atoms with Gasteiger partial charge in [-0.05, 0) is 41.5 Å². The van der Waals surface area contributed by atoms with E-state index in [9.17, 15) is 0 Å². The maximum atomic E-state index is 2.33. The second-order valence-electron chi connectivity index (χ2n) is 4.89. The molecule has 0 saturated heterocycles. The van der Waals surface area contributed by atoms with Crippen molar-refractivity contribution < 1.29 is 0 Å². The fourth-order valence-corrected chi connectivity index (χ4v) is 3.11. The Morgan fingerprint density at radius 1 is 0.900 bits per heavy atom. The second kappa shape index (κ2) is 8.65. The largest absolute Gasteiger partial charge is 0.0945 e. The molecule has 104 valence electrons. The van der Waals surface area contributed by atoms with Crippen LogP contribution in [0.5, 0.6) is 0 Å². The molecule has 0 bridgehead atoms. The number of hydrogen-bond acceptors (Lipinski definition) is 1. The summed E-state index contributed by atoms with van der Waals surface area (Å²) in [6.07, 6.45) is 7.35. The van der Waals surface area contributed by atoms with E-state index in [2.05, 4.69) is 73.7 Å². The first-order valence-corrected chi connectivity index (χ1v) is 8.18. The molecule has 1 heteroatoms. The molecule has 0 nitrogen and oxygen atoms in total. The number of rotatable bonds is 7. The van der Waals surface area contributed by atoms with E-state index in [0.717, 1.165) is 0 Å². The molecule has 0 radical (unpaired) electrons. The summed E-state index contributed by atoms with van der Waals surface area (Å²) in [5, 5.41) is 0. The first-order valence-electron chi connectivity index (χ1n) is 7.37. The van der Waals surface area contributed by atoms with E-state index in [-0.39, 0.29) is 0 Å². The van der Waals surface area contributed by atoms with Gasteiger partial charge in [-0.2, -0.15) is 0 Å². The molecule has 0 aliphatic rings. The number of allylic oxidation sites excluding steroid dienone is 1. The lowest BCUT2D eigenvalue weighted by Gasteiger charge is -2.07. The normalized spacial score (nSPS) is 11.6. The molecule has 0 aromatic heterocycles. The highest BCUT2D eigenvalue weighted by atomic mass is 32.2. The lowest BCUT2D eigenvalue weighted by Crippen LogP contribution is -1.82. The van der Waals surface area contributed by atoms with E-state index < -0.39 is 0 Å². The minimum Gasteiger partial charge on any atom is -0.0945 e. The van der Waals surface area contributed by atoms with Crippen molar-refractivity contribution in [2.24, 2.45) is 0 Å². The quantitative estimate of drug-likeness (QED) is 0.418. The molecule has 0 fully saturated rings.